The van der Waals surface area contributed by atoms with Crippen LogP contribution in [0.25, 0.3) is 6.08 Å². The van der Waals surface area contributed by atoms with Gasteiger partial charge in [-0.25, -0.2) is 4.79 Å². The van der Waals surface area contributed by atoms with E-state index >= 15 is 0 Å². The van der Waals surface area contributed by atoms with Crippen LogP contribution in [0.2, 0.25) is 0 Å². The number of carbonyl (C=O) groups excluding carboxylic acids is 3. The molecule has 0 heterocycles. The number of amides is 2. The van der Waals surface area contributed by atoms with E-state index in [1.807, 2.05) is 0 Å². The summed E-state index contributed by atoms with van der Waals surface area (Å²) in [5, 5.41) is 2.46. The molecule has 6 nitrogen and oxygen atoms in total. The Kier molecular flexibility index (Phi) is 5.46. The molecule has 0 aliphatic carbocycles. The van der Waals surface area contributed by atoms with Crippen LogP contribution in [0.1, 0.15) is 22.8 Å². The molecule has 0 fully saturated rings. The van der Waals surface area contributed by atoms with E-state index in [4.69, 9.17) is 5.73 Å². The summed E-state index contributed by atoms with van der Waals surface area (Å²) in [6.07, 6.45) is 2.85. The molecule has 20 heavy (non-hydrogen) atoms. The van der Waals surface area contributed by atoms with Gasteiger partial charge in [-0.2, -0.15) is 0 Å². The predicted octanol–water partition coefficient (Wildman–Crippen LogP) is 0.476. The summed E-state index contributed by atoms with van der Waals surface area (Å²) in [5.41, 5.74) is 6.24. The number of ether oxygens (including phenoxy) is 1. The predicted molar refractivity (Wildman–Crippen MR) is 73.6 cm³/mol. The number of primary amides is 1. The van der Waals surface area contributed by atoms with Gasteiger partial charge in [0.25, 0.3) is 0 Å². The minimum Gasteiger partial charge on any atom is -0.467 e. The van der Waals surface area contributed by atoms with Gasteiger partial charge in [0.05, 0.1) is 7.11 Å². The van der Waals surface area contributed by atoms with Gasteiger partial charge in [-0.3, -0.25) is 9.59 Å². The van der Waals surface area contributed by atoms with Crippen molar-refractivity contribution in [3.63, 3.8) is 0 Å². The van der Waals surface area contributed by atoms with Crippen LogP contribution in [-0.2, 0) is 14.3 Å². The third-order valence-corrected chi connectivity index (χ3v) is 2.54. The lowest BCUT2D eigenvalue weighted by molar-refractivity contribution is -0.144. The molecule has 6 heteroatoms. The van der Waals surface area contributed by atoms with E-state index in [9.17, 15) is 14.4 Å². The fraction of sp³-hybridized carbons (Fsp3) is 0.214. The van der Waals surface area contributed by atoms with Crippen molar-refractivity contribution in [3.8, 4) is 0 Å². The van der Waals surface area contributed by atoms with Gasteiger partial charge in [0.2, 0.25) is 11.8 Å². The molecule has 1 unspecified atom stereocenters. The zero-order valence-electron chi connectivity index (χ0n) is 11.3. The maximum Gasteiger partial charge on any atom is 0.328 e. The fourth-order valence-electron chi connectivity index (χ4n) is 1.43. The van der Waals surface area contributed by atoms with Crippen LogP contribution in [0, 0.1) is 0 Å². The number of hydrogen-bond donors (Lipinski definition) is 2. The van der Waals surface area contributed by atoms with E-state index in [2.05, 4.69) is 10.1 Å². The number of carbonyl (C=O) groups is 3. The van der Waals surface area contributed by atoms with Gasteiger partial charge in [0, 0.05) is 11.6 Å². The highest BCUT2D eigenvalue weighted by atomic mass is 16.5. The fourth-order valence-corrected chi connectivity index (χ4v) is 1.43. The summed E-state index contributed by atoms with van der Waals surface area (Å²) in [6, 6.07) is 5.74. The first-order valence-corrected chi connectivity index (χ1v) is 5.90. The van der Waals surface area contributed by atoms with E-state index in [1.54, 1.807) is 30.3 Å². The average molecular weight is 276 g/mol. The number of nitrogens with one attached hydrogen (secondary N) is 1. The second-order valence-corrected chi connectivity index (χ2v) is 4.07. The Balaban J connectivity index is 2.61. The first kappa shape index (κ1) is 15.4. The number of benzene rings is 1. The Hall–Kier alpha value is -2.63. The van der Waals surface area contributed by atoms with Crippen LogP contribution >= 0.6 is 0 Å². The number of esters is 1. The van der Waals surface area contributed by atoms with Crippen LogP contribution in [0.5, 0.6) is 0 Å². The minimum atomic E-state index is -0.714. The Labute approximate surface area is 116 Å². The lowest BCUT2D eigenvalue weighted by atomic mass is 10.1. The second-order valence-electron chi connectivity index (χ2n) is 4.07. The van der Waals surface area contributed by atoms with Crippen LogP contribution < -0.4 is 11.1 Å². The Morgan fingerprint density at radius 1 is 1.25 bits per heavy atom. The first-order valence-electron chi connectivity index (χ1n) is 5.90. The van der Waals surface area contributed by atoms with Crippen LogP contribution in [0.3, 0.4) is 0 Å². The van der Waals surface area contributed by atoms with Gasteiger partial charge in [-0.15, -0.1) is 0 Å². The number of nitrogens with two attached hydrogens (primary N) is 1. The lowest BCUT2D eigenvalue weighted by Gasteiger charge is -2.09. The first-order chi connectivity index (χ1) is 9.43. The third kappa shape index (κ3) is 4.56. The third-order valence-electron chi connectivity index (χ3n) is 2.54. The quantitative estimate of drug-likeness (QED) is 0.603. The highest BCUT2D eigenvalue weighted by Gasteiger charge is 2.13. The van der Waals surface area contributed by atoms with E-state index in [-0.39, 0.29) is 0 Å². The molecule has 0 aliphatic rings. The molecular weight excluding hydrogens is 260 g/mol. The highest BCUT2D eigenvalue weighted by molar-refractivity contribution is 5.95. The van der Waals surface area contributed by atoms with Gasteiger partial charge in [-0.05, 0) is 30.7 Å². The zero-order chi connectivity index (χ0) is 15.1. The minimum absolute atomic E-state index is 0.394. The van der Waals surface area contributed by atoms with Crippen molar-refractivity contribution < 1.29 is 19.1 Å². The molecule has 0 saturated carbocycles. The topological polar surface area (TPSA) is 98.5 Å². The maximum absolute atomic E-state index is 11.5. The molecular formula is C14H16N2O4. The second kappa shape index (κ2) is 7.08. The van der Waals surface area contributed by atoms with E-state index in [0.29, 0.717) is 5.56 Å². The summed E-state index contributed by atoms with van der Waals surface area (Å²) in [5.74, 6) is -1.44. The van der Waals surface area contributed by atoms with E-state index in [0.717, 1.165) is 5.56 Å². The van der Waals surface area contributed by atoms with Crippen molar-refractivity contribution in [2.45, 2.75) is 13.0 Å². The van der Waals surface area contributed by atoms with Gasteiger partial charge >= 0.3 is 5.97 Å². The van der Waals surface area contributed by atoms with Gasteiger partial charge in [0.1, 0.15) is 6.04 Å². The Morgan fingerprint density at radius 2 is 1.85 bits per heavy atom. The highest BCUT2D eigenvalue weighted by Crippen LogP contribution is 2.05. The molecule has 1 rings (SSSR count). The summed E-state index contributed by atoms with van der Waals surface area (Å²) in [7, 11) is 1.25. The summed E-state index contributed by atoms with van der Waals surface area (Å²) < 4.78 is 4.49. The van der Waals surface area contributed by atoms with Gasteiger partial charge < -0.3 is 15.8 Å². The van der Waals surface area contributed by atoms with Crippen molar-refractivity contribution in [1.82, 2.24) is 5.32 Å². The van der Waals surface area contributed by atoms with Crippen molar-refractivity contribution in [2.75, 3.05) is 7.11 Å². The summed E-state index contributed by atoms with van der Waals surface area (Å²) in [4.78, 5) is 33.5. The normalized spacial score (nSPS) is 11.9. The summed E-state index contributed by atoms with van der Waals surface area (Å²) in [6.45, 7) is 1.53. The molecule has 2 amide bonds. The molecule has 0 radical (unpaired) electrons. The number of hydrogen-bond acceptors (Lipinski definition) is 4. The van der Waals surface area contributed by atoms with Crippen LogP contribution in [0.15, 0.2) is 30.3 Å². The lowest BCUT2D eigenvalue weighted by Crippen LogP contribution is -2.38. The molecule has 0 aromatic heterocycles. The van der Waals surface area contributed by atoms with Gasteiger partial charge in [0.15, 0.2) is 0 Å². The SMILES string of the molecule is COC(=O)C(C)NC(=O)C=Cc1ccc(C(N)=O)cc1. The standard InChI is InChI=1S/C14H16N2O4/c1-9(14(19)20-2)16-12(17)8-5-10-3-6-11(7-4-10)13(15)18/h3-9H,1-2H3,(H2,15,18)(H,16,17). The summed E-state index contributed by atoms with van der Waals surface area (Å²) >= 11 is 0. The molecule has 1 aromatic carbocycles. The average Bonchev–Trinajstić information content (AvgIpc) is 2.44. The maximum atomic E-state index is 11.5. The van der Waals surface area contributed by atoms with Crippen molar-refractivity contribution in [2.24, 2.45) is 5.73 Å². The van der Waals surface area contributed by atoms with Crippen molar-refractivity contribution in [1.29, 1.82) is 0 Å². The van der Waals surface area contributed by atoms with Crippen LogP contribution in [-0.4, -0.2) is 30.9 Å². The molecule has 1 aromatic rings. The van der Waals surface area contributed by atoms with Crippen molar-refractivity contribution in [3.05, 3.63) is 41.5 Å². The monoisotopic (exact) mass is 276 g/mol. The van der Waals surface area contributed by atoms with Crippen molar-refractivity contribution >= 4 is 23.9 Å². The van der Waals surface area contributed by atoms with Crippen LogP contribution in [0.4, 0.5) is 0 Å². The zero-order valence-corrected chi connectivity index (χ0v) is 11.3. The van der Waals surface area contributed by atoms with Gasteiger partial charge in [-0.1, -0.05) is 12.1 Å². The molecule has 0 bridgehead atoms. The number of methoxy groups -OCH3 is 1. The molecule has 1 atom stereocenters. The molecule has 0 spiro atoms. The van der Waals surface area contributed by atoms with E-state index in [1.165, 1.54) is 20.1 Å². The molecule has 0 aliphatic heterocycles. The Bertz CT molecular complexity index is 535. The van der Waals surface area contributed by atoms with E-state index < -0.39 is 23.8 Å². The number of rotatable bonds is 5. The molecule has 3 N–H and O–H groups in total. The largest absolute Gasteiger partial charge is 0.467 e. The molecule has 0 saturated heterocycles. The smallest absolute Gasteiger partial charge is 0.328 e. The molecule has 106 valence electrons. The Morgan fingerprint density at radius 3 is 2.35 bits per heavy atom.